The highest BCUT2D eigenvalue weighted by Crippen LogP contribution is 2.42. The molecule has 0 radical (unpaired) electrons. The molecule has 4 aromatic rings. The summed E-state index contributed by atoms with van der Waals surface area (Å²) in [5.74, 6) is 0.358. The number of hydrogen-bond acceptors (Lipinski definition) is 5. The van der Waals surface area contributed by atoms with Crippen molar-refractivity contribution in [3.8, 4) is 34.5 Å². The van der Waals surface area contributed by atoms with Crippen LogP contribution in [0.1, 0.15) is 15.9 Å². The minimum Gasteiger partial charge on any atom is -0.504 e. The van der Waals surface area contributed by atoms with Gasteiger partial charge in [-0.2, -0.15) is 0 Å². The van der Waals surface area contributed by atoms with Gasteiger partial charge in [0.05, 0.1) is 5.56 Å². The molecule has 0 unspecified atom stereocenters. The van der Waals surface area contributed by atoms with E-state index in [0.29, 0.717) is 5.56 Å². The zero-order chi connectivity index (χ0) is 20.9. The standard InChI is InChI=1S/C25H18O5/c26-19-12-4-6-14-21(19)29-23-16-8-11-18(24(28)17-9-2-1-3-10-17)25(23)30-22-15-7-5-13-20(22)27/h1-16,26-27H. The van der Waals surface area contributed by atoms with Gasteiger partial charge in [-0.1, -0.05) is 60.7 Å². The smallest absolute Gasteiger partial charge is 0.196 e. The summed E-state index contributed by atoms with van der Waals surface area (Å²) >= 11 is 0. The second-order valence-electron chi connectivity index (χ2n) is 6.47. The monoisotopic (exact) mass is 398 g/mol. The first kappa shape index (κ1) is 19.1. The minimum atomic E-state index is -0.260. The lowest BCUT2D eigenvalue weighted by atomic mass is 10.0. The van der Waals surface area contributed by atoms with E-state index in [1.165, 1.54) is 12.1 Å². The van der Waals surface area contributed by atoms with Gasteiger partial charge in [-0.25, -0.2) is 0 Å². The van der Waals surface area contributed by atoms with Gasteiger partial charge in [0.1, 0.15) is 0 Å². The summed E-state index contributed by atoms with van der Waals surface area (Å²) in [4.78, 5) is 13.2. The van der Waals surface area contributed by atoms with Crippen LogP contribution in [0.4, 0.5) is 0 Å². The Kier molecular flexibility index (Phi) is 5.35. The van der Waals surface area contributed by atoms with Crippen LogP contribution in [0.15, 0.2) is 97.1 Å². The van der Waals surface area contributed by atoms with Gasteiger partial charge in [-0.3, -0.25) is 4.79 Å². The molecule has 0 saturated carbocycles. The molecule has 0 aromatic heterocycles. The Bertz CT molecular complexity index is 1190. The predicted molar refractivity (Wildman–Crippen MR) is 113 cm³/mol. The Balaban J connectivity index is 1.82. The van der Waals surface area contributed by atoms with Gasteiger partial charge < -0.3 is 19.7 Å². The van der Waals surface area contributed by atoms with Crippen molar-refractivity contribution in [1.82, 2.24) is 0 Å². The fourth-order valence-corrected chi connectivity index (χ4v) is 2.94. The van der Waals surface area contributed by atoms with Crippen molar-refractivity contribution in [2.45, 2.75) is 0 Å². The van der Waals surface area contributed by atoms with E-state index in [1.807, 2.05) is 6.07 Å². The van der Waals surface area contributed by atoms with Crippen LogP contribution in [-0.2, 0) is 0 Å². The van der Waals surface area contributed by atoms with E-state index in [9.17, 15) is 15.0 Å². The number of phenols is 2. The first-order valence-electron chi connectivity index (χ1n) is 9.28. The number of ketones is 1. The summed E-state index contributed by atoms with van der Waals surface area (Å²) in [5.41, 5.74) is 0.747. The second-order valence-corrected chi connectivity index (χ2v) is 6.47. The number of aromatic hydroxyl groups is 2. The number of rotatable bonds is 6. The Morgan fingerprint density at radius 3 is 1.73 bits per heavy atom. The van der Waals surface area contributed by atoms with Crippen molar-refractivity contribution in [2.24, 2.45) is 0 Å². The molecule has 0 spiro atoms. The lowest BCUT2D eigenvalue weighted by Crippen LogP contribution is -2.05. The Hall–Kier alpha value is -4.25. The maximum Gasteiger partial charge on any atom is 0.196 e. The molecule has 0 heterocycles. The van der Waals surface area contributed by atoms with E-state index >= 15 is 0 Å². The molecular weight excluding hydrogens is 380 g/mol. The number of phenolic OH excluding ortho intramolecular Hbond substituents is 2. The normalized spacial score (nSPS) is 10.4. The van der Waals surface area contributed by atoms with Gasteiger partial charge in [0.25, 0.3) is 0 Å². The number of ether oxygens (including phenoxy) is 2. The minimum absolute atomic E-state index is 0.0502. The van der Waals surface area contributed by atoms with Crippen molar-refractivity contribution < 1.29 is 24.5 Å². The summed E-state index contributed by atoms with van der Waals surface area (Å²) in [6.45, 7) is 0. The van der Waals surface area contributed by atoms with E-state index in [2.05, 4.69) is 0 Å². The number of para-hydroxylation sites is 5. The highest BCUT2D eigenvalue weighted by Gasteiger charge is 2.21. The molecule has 0 aliphatic heterocycles. The lowest BCUT2D eigenvalue weighted by Gasteiger charge is -2.16. The fraction of sp³-hybridized carbons (Fsp3) is 0. The van der Waals surface area contributed by atoms with Gasteiger partial charge in [0, 0.05) is 5.56 Å². The van der Waals surface area contributed by atoms with E-state index in [4.69, 9.17) is 9.47 Å². The average Bonchev–Trinajstić information content (AvgIpc) is 2.78. The van der Waals surface area contributed by atoms with Crippen molar-refractivity contribution in [3.05, 3.63) is 108 Å². The quantitative estimate of drug-likeness (QED) is 0.395. The van der Waals surface area contributed by atoms with Gasteiger partial charge in [-0.05, 0) is 36.4 Å². The third kappa shape index (κ3) is 3.95. The first-order chi connectivity index (χ1) is 14.6. The summed E-state index contributed by atoms with van der Waals surface area (Å²) in [5, 5.41) is 20.2. The molecule has 0 amide bonds. The van der Waals surface area contributed by atoms with Crippen LogP contribution < -0.4 is 9.47 Å². The number of hydrogen-bond donors (Lipinski definition) is 2. The van der Waals surface area contributed by atoms with Crippen LogP contribution >= 0.6 is 0 Å². The molecule has 2 N–H and O–H groups in total. The molecule has 4 aromatic carbocycles. The lowest BCUT2D eigenvalue weighted by molar-refractivity contribution is 0.103. The maximum atomic E-state index is 13.2. The molecule has 5 heteroatoms. The molecule has 0 aliphatic rings. The maximum absolute atomic E-state index is 13.2. The van der Waals surface area contributed by atoms with Crippen molar-refractivity contribution in [1.29, 1.82) is 0 Å². The zero-order valence-electron chi connectivity index (χ0n) is 15.9. The van der Waals surface area contributed by atoms with Gasteiger partial charge >= 0.3 is 0 Å². The largest absolute Gasteiger partial charge is 0.504 e. The first-order valence-corrected chi connectivity index (χ1v) is 9.28. The third-order valence-corrected chi connectivity index (χ3v) is 4.42. The summed E-state index contributed by atoms with van der Waals surface area (Å²) in [6, 6.07) is 26.7. The van der Waals surface area contributed by atoms with Crippen LogP contribution in [0.5, 0.6) is 34.5 Å². The Morgan fingerprint density at radius 2 is 1.10 bits per heavy atom. The van der Waals surface area contributed by atoms with Crippen molar-refractivity contribution >= 4 is 5.78 Å². The molecule has 0 saturated heterocycles. The molecule has 0 fully saturated rings. The summed E-state index contributed by atoms with van der Waals surface area (Å²) < 4.78 is 11.8. The van der Waals surface area contributed by atoms with E-state index in [0.717, 1.165) is 0 Å². The third-order valence-electron chi connectivity index (χ3n) is 4.42. The van der Waals surface area contributed by atoms with Crippen LogP contribution in [0, 0.1) is 0 Å². The van der Waals surface area contributed by atoms with E-state index in [1.54, 1.807) is 78.9 Å². The SMILES string of the molecule is O=C(c1ccccc1)c1cccc(Oc2ccccc2O)c1Oc1ccccc1O. The highest BCUT2D eigenvalue weighted by atomic mass is 16.5. The number of carbonyl (C=O) groups is 1. The van der Waals surface area contributed by atoms with Crippen molar-refractivity contribution in [2.75, 3.05) is 0 Å². The summed E-state index contributed by atoms with van der Waals surface area (Å²) in [6.07, 6.45) is 0. The molecule has 30 heavy (non-hydrogen) atoms. The molecular formula is C25H18O5. The van der Waals surface area contributed by atoms with Crippen LogP contribution in [-0.4, -0.2) is 16.0 Å². The highest BCUT2D eigenvalue weighted by molar-refractivity contribution is 6.11. The van der Waals surface area contributed by atoms with Gasteiger partial charge in [-0.15, -0.1) is 0 Å². The van der Waals surface area contributed by atoms with Crippen LogP contribution in [0.2, 0.25) is 0 Å². The van der Waals surface area contributed by atoms with E-state index in [-0.39, 0.29) is 45.8 Å². The predicted octanol–water partition coefficient (Wildman–Crippen LogP) is 5.91. The zero-order valence-corrected chi connectivity index (χ0v) is 15.9. The second kappa shape index (κ2) is 8.41. The topological polar surface area (TPSA) is 76.0 Å². The van der Waals surface area contributed by atoms with Gasteiger partial charge in [0.15, 0.2) is 40.3 Å². The fourth-order valence-electron chi connectivity index (χ4n) is 2.94. The average molecular weight is 398 g/mol. The molecule has 0 bridgehead atoms. The van der Waals surface area contributed by atoms with Crippen molar-refractivity contribution in [3.63, 3.8) is 0 Å². The summed E-state index contributed by atoms with van der Waals surface area (Å²) in [7, 11) is 0. The van der Waals surface area contributed by atoms with E-state index < -0.39 is 0 Å². The number of carbonyl (C=O) groups excluding carboxylic acids is 1. The van der Waals surface area contributed by atoms with Crippen LogP contribution in [0.3, 0.4) is 0 Å². The molecule has 0 aliphatic carbocycles. The molecule has 0 atom stereocenters. The van der Waals surface area contributed by atoms with Gasteiger partial charge in [0.2, 0.25) is 0 Å². The molecule has 5 nitrogen and oxygen atoms in total. The number of benzene rings is 4. The Morgan fingerprint density at radius 1 is 0.567 bits per heavy atom. The molecule has 4 rings (SSSR count). The Labute approximate surface area is 173 Å². The molecule has 148 valence electrons. The van der Waals surface area contributed by atoms with Crippen LogP contribution in [0.25, 0.3) is 0 Å².